The summed E-state index contributed by atoms with van der Waals surface area (Å²) in [7, 11) is 4.26. The predicted octanol–water partition coefficient (Wildman–Crippen LogP) is 1.20. The summed E-state index contributed by atoms with van der Waals surface area (Å²) in [6.45, 7) is 8.92. The second kappa shape index (κ2) is 5.99. The lowest BCUT2D eigenvalue weighted by molar-refractivity contribution is -0.00950. The third kappa shape index (κ3) is 3.53. The van der Waals surface area contributed by atoms with Gasteiger partial charge in [0.2, 0.25) is 0 Å². The molecule has 4 nitrogen and oxygen atoms in total. The van der Waals surface area contributed by atoms with Gasteiger partial charge in [0.1, 0.15) is 0 Å². The third-order valence-corrected chi connectivity index (χ3v) is 4.11. The molecule has 0 aliphatic carbocycles. The summed E-state index contributed by atoms with van der Waals surface area (Å²) in [5, 5.41) is 3.30. The van der Waals surface area contributed by atoms with Gasteiger partial charge in [0, 0.05) is 50.2 Å². The number of pyridine rings is 1. The van der Waals surface area contributed by atoms with Crippen molar-refractivity contribution in [2.75, 3.05) is 33.7 Å². The maximum Gasteiger partial charge on any atom is 0.0345 e. The molecule has 106 valence electrons. The molecule has 1 aromatic rings. The molecule has 4 heteroatoms. The first-order valence-corrected chi connectivity index (χ1v) is 7.02. The Kier molecular flexibility index (Phi) is 4.55. The number of likely N-dealkylation sites (N-methyl/N-ethyl adjacent to an activating group) is 2. The van der Waals surface area contributed by atoms with Crippen LogP contribution in [0.25, 0.3) is 0 Å². The Labute approximate surface area is 116 Å². The summed E-state index contributed by atoms with van der Waals surface area (Å²) >= 11 is 0. The Morgan fingerprint density at radius 3 is 2.68 bits per heavy atom. The Morgan fingerprint density at radius 2 is 2.05 bits per heavy atom. The third-order valence-electron chi connectivity index (χ3n) is 4.11. The molecule has 1 atom stereocenters. The summed E-state index contributed by atoms with van der Waals surface area (Å²) in [6, 6.07) is 4.81. The van der Waals surface area contributed by atoms with Gasteiger partial charge in [-0.3, -0.25) is 14.8 Å². The van der Waals surface area contributed by atoms with Gasteiger partial charge in [0.05, 0.1) is 0 Å². The molecule has 19 heavy (non-hydrogen) atoms. The summed E-state index contributed by atoms with van der Waals surface area (Å²) in [5.41, 5.74) is 1.55. The van der Waals surface area contributed by atoms with Gasteiger partial charge in [-0.2, -0.15) is 0 Å². The van der Waals surface area contributed by atoms with Gasteiger partial charge in [-0.05, 0) is 45.6 Å². The SMILES string of the molecule is CNCC1CN(Cc2ccncc2)C(C)(C)CN1C. The Balaban J connectivity index is 2.08. The summed E-state index contributed by atoms with van der Waals surface area (Å²) in [5.74, 6) is 0. The first-order valence-electron chi connectivity index (χ1n) is 7.02. The van der Waals surface area contributed by atoms with Crippen molar-refractivity contribution in [3.05, 3.63) is 30.1 Å². The minimum atomic E-state index is 0.211. The molecule has 0 amide bonds. The van der Waals surface area contributed by atoms with E-state index in [1.807, 2.05) is 19.4 Å². The van der Waals surface area contributed by atoms with Crippen molar-refractivity contribution < 1.29 is 0 Å². The highest BCUT2D eigenvalue weighted by Crippen LogP contribution is 2.25. The van der Waals surface area contributed by atoms with Crippen molar-refractivity contribution in [3.8, 4) is 0 Å². The van der Waals surface area contributed by atoms with Crippen LogP contribution in [0.2, 0.25) is 0 Å². The van der Waals surface area contributed by atoms with Gasteiger partial charge in [0.15, 0.2) is 0 Å². The average Bonchev–Trinajstić information content (AvgIpc) is 2.36. The molecule has 1 saturated heterocycles. The molecule has 1 aliphatic rings. The highest BCUT2D eigenvalue weighted by Gasteiger charge is 2.36. The van der Waals surface area contributed by atoms with Gasteiger partial charge >= 0.3 is 0 Å². The first kappa shape index (κ1) is 14.4. The number of nitrogens with one attached hydrogen (secondary N) is 1. The van der Waals surface area contributed by atoms with E-state index in [0.29, 0.717) is 6.04 Å². The zero-order valence-electron chi connectivity index (χ0n) is 12.6. The predicted molar refractivity (Wildman–Crippen MR) is 79.1 cm³/mol. The van der Waals surface area contributed by atoms with Crippen molar-refractivity contribution in [3.63, 3.8) is 0 Å². The topological polar surface area (TPSA) is 31.4 Å². The van der Waals surface area contributed by atoms with Crippen LogP contribution in [0, 0.1) is 0 Å². The first-order chi connectivity index (χ1) is 9.03. The Morgan fingerprint density at radius 1 is 1.37 bits per heavy atom. The van der Waals surface area contributed by atoms with Crippen LogP contribution in [0.15, 0.2) is 24.5 Å². The molecule has 1 aromatic heterocycles. The van der Waals surface area contributed by atoms with E-state index in [0.717, 1.165) is 26.2 Å². The van der Waals surface area contributed by atoms with E-state index in [4.69, 9.17) is 0 Å². The molecule has 0 spiro atoms. The van der Waals surface area contributed by atoms with Crippen molar-refractivity contribution in [2.45, 2.75) is 32.0 Å². The van der Waals surface area contributed by atoms with Crippen LogP contribution in [-0.4, -0.2) is 60.1 Å². The van der Waals surface area contributed by atoms with Crippen LogP contribution in [0.5, 0.6) is 0 Å². The van der Waals surface area contributed by atoms with E-state index < -0.39 is 0 Å². The number of piperazine rings is 1. The molecule has 0 aromatic carbocycles. The molecule has 1 fully saturated rings. The second-order valence-corrected chi connectivity index (χ2v) is 6.18. The lowest BCUT2D eigenvalue weighted by Gasteiger charge is -2.50. The van der Waals surface area contributed by atoms with Crippen LogP contribution in [0.1, 0.15) is 19.4 Å². The second-order valence-electron chi connectivity index (χ2n) is 6.18. The van der Waals surface area contributed by atoms with Crippen LogP contribution in [-0.2, 0) is 6.54 Å². The van der Waals surface area contributed by atoms with E-state index in [2.05, 4.69) is 53.1 Å². The maximum absolute atomic E-state index is 4.09. The van der Waals surface area contributed by atoms with Crippen molar-refractivity contribution >= 4 is 0 Å². The molecule has 2 heterocycles. The monoisotopic (exact) mass is 262 g/mol. The van der Waals surface area contributed by atoms with E-state index in [9.17, 15) is 0 Å². The summed E-state index contributed by atoms with van der Waals surface area (Å²) < 4.78 is 0. The fraction of sp³-hybridized carbons (Fsp3) is 0.667. The number of hydrogen-bond acceptors (Lipinski definition) is 4. The summed E-state index contributed by atoms with van der Waals surface area (Å²) in [4.78, 5) is 9.15. The van der Waals surface area contributed by atoms with Crippen molar-refractivity contribution in [2.24, 2.45) is 0 Å². The van der Waals surface area contributed by atoms with Gasteiger partial charge < -0.3 is 5.32 Å². The molecule has 1 unspecified atom stereocenters. The fourth-order valence-corrected chi connectivity index (χ4v) is 2.92. The van der Waals surface area contributed by atoms with Crippen LogP contribution >= 0.6 is 0 Å². The molecule has 1 aliphatic heterocycles. The lowest BCUT2D eigenvalue weighted by atomic mass is 9.95. The number of hydrogen-bond donors (Lipinski definition) is 1. The molecular formula is C15H26N4. The van der Waals surface area contributed by atoms with E-state index in [1.54, 1.807) is 0 Å². The number of aromatic nitrogens is 1. The smallest absolute Gasteiger partial charge is 0.0345 e. The van der Waals surface area contributed by atoms with Crippen molar-refractivity contribution in [1.82, 2.24) is 20.1 Å². The van der Waals surface area contributed by atoms with E-state index in [-0.39, 0.29) is 5.54 Å². The van der Waals surface area contributed by atoms with Crippen LogP contribution in [0.3, 0.4) is 0 Å². The number of nitrogens with zero attached hydrogens (tertiary/aromatic N) is 3. The Hall–Kier alpha value is -0.970. The van der Waals surface area contributed by atoms with E-state index >= 15 is 0 Å². The molecule has 0 saturated carbocycles. The van der Waals surface area contributed by atoms with Gasteiger partial charge in [-0.1, -0.05) is 0 Å². The van der Waals surface area contributed by atoms with Crippen LogP contribution in [0.4, 0.5) is 0 Å². The summed E-state index contributed by atoms with van der Waals surface area (Å²) in [6.07, 6.45) is 3.76. The van der Waals surface area contributed by atoms with Gasteiger partial charge in [0.25, 0.3) is 0 Å². The average molecular weight is 262 g/mol. The normalized spacial score (nSPS) is 24.5. The zero-order valence-corrected chi connectivity index (χ0v) is 12.6. The van der Waals surface area contributed by atoms with Crippen molar-refractivity contribution in [1.29, 1.82) is 0 Å². The quantitative estimate of drug-likeness (QED) is 0.883. The minimum absolute atomic E-state index is 0.211. The molecule has 2 rings (SSSR count). The molecule has 0 bridgehead atoms. The fourth-order valence-electron chi connectivity index (χ4n) is 2.92. The largest absolute Gasteiger partial charge is 0.318 e. The molecule has 0 radical (unpaired) electrons. The van der Waals surface area contributed by atoms with Crippen LogP contribution < -0.4 is 5.32 Å². The lowest BCUT2D eigenvalue weighted by Crippen LogP contribution is -2.63. The molecular weight excluding hydrogens is 236 g/mol. The highest BCUT2D eigenvalue weighted by molar-refractivity contribution is 5.11. The molecule has 1 N–H and O–H groups in total. The van der Waals surface area contributed by atoms with Gasteiger partial charge in [-0.15, -0.1) is 0 Å². The minimum Gasteiger partial charge on any atom is -0.318 e. The number of rotatable bonds is 4. The highest BCUT2D eigenvalue weighted by atomic mass is 15.3. The standard InChI is InChI=1S/C15H26N4/c1-15(2)12-18(4)14(9-16-3)11-19(15)10-13-5-7-17-8-6-13/h5-8,14,16H,9-12H2,1-4H3. The Bertz CT molecular complexity index is 390. The van der Waals surface area contributed by atoms with Gasteiger partial charge in [-0.25, -0.2) is 0 Å². The zero-order chi connectivity index (χ0) is 13.9. The maximum atomic E-state index is 4.09. The van der Waals surface area contributed by atoms with E-state index in [1.165, 1.54) is 5.56 Å².